The van der Waals surface area contributed by atoms with Gasteiger partial charge >= 0.3 is 30.1 Å². The van der Waals surface area contributed by atoms with E-state index in [9.17, 15) is 48.3 Å². The lowest BCUT2D eigenvalue weighted by Gasteiger charge is -2.22. The minimum absolute atomic E-state index is 0.0129. The van der Waals surface area contributed by atoms with Gasteiger partial charge < -0.3 is 59.9 Å². The van der Waals surface area contributed by atoms with Crippen molar-refractivity contribution in [2.75, 3.05) is 33.3 Å². The van der Waals surface area contributed by atoms with Crippen molar-refractivity contribution in [1.82, 2.24) is 49.2 Å². The number of nitrogens with two attached hydrogens (primary N) is 3. The molecular weight excluding hydrogens is 1350 g/mol. The van der Waals surface area contributed by atoms with Gasteiger partial charge in [0.05, 0.1) is 47.5 Å². The van der Waals surface area contributed by atoms with Gasteiger partial charge in [0.2, 0.25) is 5.96 Å². The number of rotatable bonds is 24. The minimum atomic E-state index is -1.04. The number of unbranched alkanes of at least 4 members (excludes halogenated alkanes) is 2. The van der Waals surface area contributed by atoms with E-state index in [-0.39, 0.29) is 115 Å². The molecule has 0 aliphatic carbocycles. The number of hydrogen-bond donors (Lipinski definition) is 6. The lowest BCUT2D eigenvalue weighted by molar-refractivity contribution is -0.156. The van der Waals surface area contributed by atoms with Crippen molar-refractivity contribution in [2.45, 2.75) is 168 Å². The number of aromatic nitrogens is 6. The normalized spacial score (nSPS) is 16.9. The van der Waals surface area contributed by atoms with Crippen LogP contribution in [-0.2, 0) is 33.3 Å². The van der Waals surface area contributed by atoms with Gasteiger partial charge in [0.15, 0.2) is 17.5 Å². The number of alkyl carbamates (subject to hydrolysis) is 2. The summed E-state index contributed by atoms with van der Waals surface area (Å²) < 4.78 is 24.5. The highest BCUT2D eigenvalue weighted by atomic mass is 35.5. The quantitative estimate of drug-likeness (QED) is 0.00820. The second kappa shape index (κ2) is 33.7. The molecule has 2 fully saturated rings. The average Bonchev–Trinajstić information content (AvgIpc) is 1.64. The number of halogens is 2. The number of hydrogen-bond acceptors (Lipinski definition) is 22. The molecule has 0 spiro atoms. The standard InChI is InChI=1S/C41H56ClN7O10S.C24H29ClN8O4S/c1-39(2,3)57-32(51)18-24-17-29(49(20-24)34(52)27-22-48-21-26(42)14-15-31(48)44-27)33-45-28(23-60-33)30(50)19-25(35(53)56-10)13-11-12-16-43-36(46-37(54)58-40(4,5)6)47-38(55)59-41(7,8)9;25-14-4-5-20-30-16(11-32(20)9-14)22(35)33-10-15(26)8-18(33)21-31-17(12-38-21)19(34)7-13(23(36)37)3-1-2-6-29-24(27)28/h14-15,21-25,29H,11-13,16-20H2,1-10H3,(H2,43,46,47,54,55);4-5,9,11-13,15,18H,1-3,6-8,10,26H2,(H,36,37)(H4,27,28,29)/t24-,25+,29-;13-,15-,18+/m01/s1. The molecule has 9 N–H and O–H groups in total. The SMILES string of the molecule is COC(=O)[C@H](CCCCN=C(NC(=O)OC(C)(C)C)NC(=O)OC(C)(C)C)CC(=O)c1csc([C@@H]2C[C@@H](CC(=O)OC(C)(C)C)CN2C(=O)c2cn3cc(Cl)ccc3n2)n1.NC(N)=NCCCC[C@H](CC(=O)c1csc([C@@H]2C[C@@H](N)CN2C(=O)c2cn3cc(Cl)ccc3n2)n1)C(=O)O. The number of pyridine rings is 2. The zero-order valence-corrected chi connectivity index (χ0v) is 59.5. The van der Waals surface area contributed by atoms with Crippen LogP contribution in [0.5, 0.6) is 0 Å². The smallest absolute Gasteiger partial charge is 0.414 e. The number of nitrogens with zero attached hydrogens (tertiary/aromatic N) is 10. The van der Waals surface area contributed by atoms with E-state index in [0.29, 0.717) is 89.4 Å². The Balaban J connectivity index is 0.000000304. The highest BCUT2D eigenvalue weighted by molar-refractivity contribution is 7.10. The molecule has 2 aliphatic rings. The maximum absolute atomic E-state index is 14.0. The molecule has 4 amide bonds. The molecule has 0 aromatic carbocycles. The van der Waals surface area contributed by atoms with Gasteiger partial charge in [0.1, 0.15) is 60.9 Å². The monoisotopic (exact) mass is 1430 g/mol. The Labute approximate surface area is 584 Å². The first kappa shape index (κ1) is 76.7. The van der Waals surface area contributed by atoms with Crippen LogP contribution in [0.15, 0.2) is 69.8 Å². The maximum Gasteiger partial charge on any atom is 0.414 e. The van der Waals surface area contributed by atoms with Gasteiger partial charge in [0.25, 0.3) is 11.8 Å². The zero-order chi connectivity index (χ0) is 72.0. The molecule has 6 aromatic heterocycles. The molecule has 0 bridgehead atoms. The zero-order valence-electron chi connectivity index (χ0n) is 56.4. The molecule has 2 aliphatic heterocycles. The molecule has 29 nitrogen and oxygen atoms in total. The number of guanidine groups is 2. The van der Waals surface area contributed by atoms with Crippen LogP contribution in [0.2, 0.25) is 10.0 Å². The number of fused-ring (bicyclic) bond motifs is 2. The van der Waals surface area contributed by atoms with Crippen molar-refractivity contribution in [2.24, 2.45) is 44.9 Å². The maximum atomic E-state index is 14.0. The number of carbonyl (C=O) groups is 9. The minimum Gasteiger partial charge on any atom is -0.481 e. The highest BCUT2D eigenvalue weighted by Crippen LogP contribution is 2.40. The van der Waals surface area contributed by atoms with Crippen LogP contribution in [-0.4, -0.2) is 165 Å². The number of ketones is 2. The molecule has 0 saturated carbocycles. The highest BCUT2D eigenvalue weighted by Gasteiger charge is 2.42. The van der Waals surface area contributed by atoms with Crippen molar-refractivity contribution >= 4 is 123 Å². The number of amides is 4. The second-order valence-corrected chi connectivity index (χ2v) is 29.4. The Morgan fingerprint density at radius 1 is 0.622 bits per heavy atom. The fourth-order valence-corrected chi connectivity index (χ4v) is 13.0. The van der Waals surface area contributed by atoms with Gasteiger partial charge in [-0.2, -0.15) is 0 Å². The molecule has 8 rings (SSSR count). The first-order valence-corrected chi connectivity index (χ1v) is 34.3. The molecule has 2 saturated heterocycles. The number of esters is 2. The summed E-state index contributed by atoms with van der Waals surface area (Å²) in [6.07, 6.45) is 8.16. The first-order chi connectivity index (χ1) is 46.0. The summed E-state index contributed by atoms with van der Waals surface area (Å²) in [4.78, 5) is 146. The fourth-order valence-electron chi connectivity index (χ4n) is 10.8. The predicted octanol–water partition coefficient (Wildman–Crippen LogP) is 9.39. The first-order valence-electron chi connectivity index (χ1n) is 31.8. The van der Waals surface area contributed by atoms with E-state index in [1.165, 1.54) is 29.8 Å². The predicted molar refractivity (Wildman–Crippen MR) is 367 cm³/mol. The Morgan fingerprint density at radius 2 is 1.08 bits per heavy atom. The summed E-state index contributed by atoms with van der Waals surface area (Å²) in [6.45, 7) is 16.6. The van der Waals surface area contributed by atoms with Gasteiger partial charge in [-0.15, -0.1) is 22.7 Å². The molecule has 0 radical (unpaired) electrons. The number of carboxylic acid groups (broad SMARTS) is 1. The number of aliphatic carboxylic acids is 1. The molecule has 98 heavy (non-hydrogen) atoms. The summed E-state index contributed by atoms with van der Waals surface area (Å²) in [5, 5.41) is 19.7. The van der Waals surface area contributed by atoms with E-state index in [4.69, 9.17) is 59.4 Å². The largest absolute Gasteiger partial charge is 0.481 e. The lowest BCUT2D eigenvalue weighted by atomic mass is 9.95. The molecule has 6 atom stereocenters. The summed E-state index contributed by atoms with van der Waals surface area (Å²) in [5.41, 5.74) is 16.4. The third-order valence-electron chi connectivity index (χ3n) is 15.0. The summed E-state index contributed by atoms with van der Waals surface area (Å²) >= 11 is 14.7. The van der Waals surface area contributed by atoms with E-state index < -0.39 is 64.8 Å². The topological polar surface area (TPSA) is 404 Å². The van der Waals surface area contributed by atoms with E-state index in [1.807, 2.05) is 0 Å². The van der Waals surface area contributed by atoms with Crippen molar-refractivity contribution in [3.05, 3.63) is 103 Å². The van der Waals surface area contributed by atoms with Crippen molar-refractivity contribution < 1.29 is 67.2 Å². The molecular formula is C65H85Cl2N15O14S2. The number of carbonyl (C=O) groups excluding carboxylic acids is 8. The van der Waals surface area contributed by atoms with E-state index in [2.05, 4.69) is 40.6 Å². The Bertz CT molecular complexity index is 3900. The summed E-state index contributed by atoms with van der Waals surface area (Å²) in [7, 11) is 1.25. The van der Waals surface area contributed by atoms with Gasteiger partial charge in [0, 0.05) is 80.6 Å². The summed E-state index contributed by atoms with van der Waals surface area (Å²) in [6, 6.07) is 5.58. The number of thiazole rings is 2. The molecule has 6 aromatic rings. The Hall–Kier alpha value is -8.65. The summed E-state index contributed by atoms with van der Waals surface area (Å²) in [5.74, 6) is -5.43. The number of nitrogens with one attached hydrogen (secondary N) is 2. The van der Waals surface area contributed by atoms with Crippen molar-refractivity contribution in [1.29, 1.82) is 0 Å². The van der Waals surface area contributed by atoms with Crippen LogP contribution in [0.4, 0.5) is 9.59 Å². The third kappa shape index (κ3) is 23.0. The number of ether oxygens (including phenoxy) is 4. The van der Waals surface area contributed by atoms with Crippen LogP contribution < -0.4 is 27.8 Å². The van der Waals surface area contributed by atoms with Gasteiger partial charge in [-0.3, -0.25) is 54.2 Å². The number of imidazole rings is 2. The average molecular weight is 1440 g/mol. The second-order valence-electron chi connectivity index (χ2n) is 26.7. The van der Waals surface area contributed by atoms with Crippen LogP contribution in [0.25, 0.3) is 11.3 Å². The number of aliphatic imine (C=N–C) groups is 2. The van der Waals surface area contributed by atoms with Gasteiger partial charge in [-0.25, -0.2) is 29.5 Å². The van der Waals surface area contributed by atoms with E-state index >= 15 is 0 Å². The van der Waals surface area contributed by atoms with Gasteiger partial charge in [-0.1, -0.05) is 36.0 Å². The van der Waals surface area contributed by atoms with Crippen molar-refractivity contribution in [3.63, 3.8) is 0 Å². The molecule has 530 valence electrons. The molecule has 33 heteroatoms. The van der Waals surface area contributed by atoms with Crippen LogP contribution in [0.1, 0.15) is 197 Å². The lowest BCUT2D eigenvalue weighted by Crippen LogP contribution is -2.47. The number of methoxy groups -OCH3 is 1. The van der Waals surface area contributed by atoms with E-state index in [0.717, 1.165) is 0 Å². The Kier molecular flexibility index (Phi) is 26.4. The number of likely N-dealkylation sites (tertiary alicyclic amines) is 2. The third-order valence-corrected chi connectivity index (χ3v) is 17.4. The van der Waals surface area contributed by atoms with Gasteiger partial charge in [-0.05, 0) is 131 Å². The van der Waals surface area contributed by atoms with Crippen molar-refractivity contribution in [3.8, 4) is 0 Å². The van der Waals surface area contributed by atoms with Crippen LogP contribution in [0, 0.1) is 17.8 Å². The Morgan fingerprint density at radius 3 is 1.55 bits per heavy atom. The number of carboxylic acids is 1. The fraction of sp³-hybridized carbons (Fsp3) is 0.523. The molecule has 8 heterocycles. The number of Topliss-reactive ketones (excluding diaryl/α,β-unsaturated/α-hetero) is 2. The van der Waals surface area contributed by atoms with Crippen LogP contribution >= 0.6 is 45.9 Å². The van der Waals surface area contributed by atoms with E-state index in [1.54, 1.807) is 141 Å². The van der Waals surface area contributed by atoms with Crippen LogP contribution in [0.3, 0.4) is 0 Å². The molecule has 0 unspecified atom stereocenters.